The molecule has 2 aliphatic rings. The van der Waals surface area contributed by atoms with E-state index >= 15 is 0 Å². The van der Waals surface area contributed by atoms with Crippen molar-refractivity contribution >= 4 is 29.7 Å². The summed E-state index contributed by atoms with van der Waals surface area (Å²) in [6.45, 7) is 18.5. The Kier molecular flexibility index (Phi) is 9.54. The van der Waals surface area contributed by atoms with Gasteiger partial charge in [0.25, 0.3) is 5.78 Å². The predicted octanol–water partition coefficient (Wildman–Crippen LogP) is 2.60. The highest BCUT2D eigenvalue weighted by Crippen LogP contribution is 2.65. The van der Waals surface area contributed by atoms with Gasteiger partial charge in [-0.25, -0.2) is 9.59 Å². The molecule has 5 atom stereocenters. The number of alkyl carbamates (subject to hydrolysis) is 1. The number of ether oxygens (including phenoxy) is 2. The molecule has 0 aromatic heterocycles. The minimum atomic E-state index is -1.09. The van der Waals surface area contributed by atoms with Crippen molar-refractivity contribution in [3.8, 4) is 0 Å². The third-order valence-electron chi connectivity index (χ3n) is 7.13. The number of Topliss-reactive ketones (excluding diaryl/α,β-unsaturated/α-hetero) is 1. The molecule has 2 fully saturated rings. The summed E-state index contributed by atoms with van der Waals surface area (Å²) in [5.41, 5.74) is -0.894. The van der Waals surface area contributed by atoms with Gasteiger partial charge in [-0.3, -0.25) is 14.4 Å². The van der Waals surface area contributed by atoms with Gasteiger partial charge < -0.3 is 25.0 Å². The van der Waals surface area contributed by atoms with Crippen molar-refractivity contribution in [3.63, 3.8) is 0 Å². The molecule has 0 aromatic rings. The number of hydrogen-bond donors (Lipinski definition) is 2. The van der Waals surface area contributed by atoms with E-state index in [-0.39, 0.29) is 42.1 Å². The monoisotopic (exact) mass is 521 g/mol. The first kappa shape index (κ1) is 30.3. The van der Waals surface area contributed by atoms with Crippen molar-refractivity contribution in [1.82, 2.24) is 15.5 Å². The third kappa shape index (κ3) is 7.11. The SMILES string of the molecule is C=CCCC(NC(=O)[C@@H]1C2C(CN1C(=O)C(NC(=O)OC(C)(C)C)C(C)C)C2(C)C)C(=O)C(=O)OCC. The van der Waals surface area contributed by atoms with Crippen LogP contribution in [0, 0.1) is 23.2 Å². The van der Waals surface area contributed by atoms with E-state index in [1.54, 1.807) is 47.6 Å². The standard InChI is InChI=1S/C27H43N3O7/c1-10-12-13-17(21(31)24(34)36-11-2)28-22(32)20-18-16(27(18,8)9)14-30(20)23(33)19(15(3)4)29-25(35)37-26(5,6)7/h10,15-20H,1,11-14H2,2-9H3,(H,28,32)(H,29,35)/t16?,17?,18?,19?,20-/m0/s1. The van der Waals surface area contributed by atoms with Gasteiger partial charge in [-0.1, -0.05) is 33.8 Å². The van der Waals surface area contributed by atoms with Crippen molar-refractivity contribution in [1.29, 1.82) is 0 Å². The largest absolute Gasteiger partial charge is 0.460 e. The Bertz CT molecular complexity index is 921. The van der Waals surface area contributed by atoms with Crippen LogP contribution in [-0.4, -0.2) is 71.4 Å². The Hall–Kier alpha value is -2.91. The molecule has 0 spiro atoms. The number of fused-ring (bicyclic) bond motifs is 1. The fourth-order valence-electron chi connectivity index (χ4n) is 5.09. The van der Waals surface area contributed by atoms with Gasteiger partial charge in [0.1, 0.15) is 17.7 Å². The van der Waals surface area contributed by atoms with Gasteiger partial charge in [-0.2, -0.15) is 0 Å². The number of allylic oxidation sites excluding steroid dienone is 1. The topological polar surface area (TPSA) is 131 Å². The molecule has 10 heteroatoms. The Morgan fingerprint density at radius 3 is 2.27 bits per heavy atom. The maximum Gasteiger partial charge on any atom is 0.408 e. The molecular weight excluding hydrogens is 478 g/mol. The molecular formula is C27H43N3O7. The highest BCUT2D eigenvalue weighted by atomic mass is 16.6. The molecule has 1 aliphatic heterocycles. The van der Waals surface area contributed by atoms with E-state index in [0.29, 0.717) is 13.0 Å². The normalized spacial score (nSPS) is 23.4. The minimum absolute atomic E-state index is 0.0385. The van der Waals surface area contributed by atoms with Crippen LogP contribution in [0.3, 0.4) is 0 Å². The van der Waals surface area contributed by atoms with Crippen LogP contribution in [0.25, 0.3) is 0 Å². The Morgan fingerprint density at radius 1 is 1.14 bits per heavy atom. The number of esters is 1. The van der Waals surface area contributed by atoms with Crippen LogP contribution in [0.1, 0.15) is 68.2 Å². The molecule has 208 valence electrons. The molecule has 0 aromatic carbocycles. The molecule has 0 bridgehead atoms. The molecule has 0 radical (unpaired) electrons. The summed E-state index contributed by atoms with van der Waals surface area (Å²) in [6, 6.07) is -2.83. The first-order chi connectivity index (χ1) is 17.1. The Morgan fingerprint density at radius 2 is 1.76 bits per heavy atom. The predicted molar refractivity (Wildman–Crippen MR) is 137 cm³/mol. The number of hydrogen-bond acceptors (Lipinski definition) is 7. The maximum absolute atomic E-state index is 13.7. The van der Waals surface area contributed by atoms with E-state index < -0.39 is 47.5 Å². The Balaban J connectivity index is 2.28. The number of likely N-dealkylation sites (tertiary alicyclic amines) is 1. The summed E-state index contributed by atoms with van der Waals surface area (Å²) in [6.07, 6.45) is 1.46. The van der Waals surface area contributed by atoms with Gasteiger partial charge in [0.15, 0.2) is 0 Å². The number of rotatable bonds is 11. The lowest BCUT2D eigenvalue weighted by Crippen LogP contribution is -2.59. The summed E-state index contributed by atoms with van der Waals surface area (Å²) in [7, 11) is 0. The molecule has 10 nitrogen and oxygen atoms in total. The number of ketones is 1. The zero-order valence-electron chi connectivity index (χ0n) is 23.4. The van der Waals surface area contributed by atoms with Gasteiger partial charge in [-0.15, -0.1) is 6.58 Å². The van der Waals surface area contributed by atoms with E-state index in [2.05, 4.69) is 17.2 Å². The second-order valence-electron chi connectivity index (χ2n) is 11.8. The third-order valence-corrected chi connectivity index (χ3v) is 7.13. The average Bonchev–Trinajstić information content (AvgIpc) is 3.11. The molecule has 3 amide bonds. The average molecular weight is 522 g/mol. The highest BCUT2D eigenvalue weighted by Gasteiger charge is 2.69. The smallest absolute Gasteiger partial charge is 0.408 e. The quantitative estimate of drug-likeness (QED) is 0.243. The van der Waals surface area contributed by atoms with Crippen LogP contribution in [-0.2, 0) is 28.7 Å². The van der Waals surface area contributed by atoms with Crippen molar-refractivity contribution in [2.45, 2.75) is 92.0 Å². The molecule has 2 N–H and O–H groups in total. The van der Waals surface area contributed by atoms with Gasteiger partial charge in [0.05, 0.1) is 12.6 Å². The van der Waals surface area contributed by atoms with Gasteiger partial charge >= 0.3 is 12.1 Å². The van der Waals surface area contributed by atoms with E-state index in [9.17, 15) is 24.0 Å². The fraction of sp³-hybridized carbons (Fsp3) is 0.741. The molecule has 1 saturated heterocycles. The summed E-state index contributed by atoms with van der Waals surface area (Å²) in [5.74, 6) is -3.01. The maximum atomic E-state index is 13.7. The number of amides is 3. The first-order valence-corrected chi connectivity index (χ1v) is 13.0. The number of nitrogens with one attached hydrogen (secondary N) is 2. The van der Waals surface area contributed by atoms with Gasteiger partial charge in [0.2, 0.25) is 11.8 Å². The van der Waals surface area contributed by atoms with Crippen molar-refractivity contribution < 1.29 is 33.4 Å². The van der Waals surface area contributed by atoms with Crippen LogP contribution in [0.15, 0.2) is 12.7 Å². The summed E-state index contributed by atoms with van der Waals surface area (Å²) < 4.78 is 10.2. The summed E-state index contributed by atoms with van der Waals surface area (Å²) >= 11 is 0. The van der Waals surface area contributed by atoms with Crippen LogP contribution in [0.4, 0.5) is 4.79 Å². The first-order valence-electron chi connectivity index (χ1n) is 13.0. The minimum Gasteiger partial charge on any atom is -0.460 e. The van der Waals surface area contributed by atoms with E-state index in [1.807, 2.05) is 13.8 Å². The summed E-state index contributed by atoms with van der Waals surface area (Å²) in [5, 5.41) is 5.37. The molecule has 2 rings (SSSR count). The second-order valence-corrected chi connectivity index (χ2v) is 11.8. The van der Waals surface area contributed by atoms with Gasteiger partial charge in [0, 0.05) is 6.54 Å². The van der Waals surface area contributed by atoms with E-state index in [0.717, 1.165) is 0 Å². The number of nitrogens with zero attached hydrogens (tertiary/aromatic N) is 1. The van der Waals surface area contributed by atoms with Crippen LogP contribution in [0.2, 0.25) is 0 Å². The number of carbonyl (C=O) groups excluding carboxylic acids is 5. The van der Waals surface area contributed by atoms with Gasteiger partial charge in [-0.05, 0) is 63.7 Å². The van der Waals surface area contributed by atoms with Crippen molar-refractivity contribution in [2.24, 2.45) is 23.2 Å². The van der Waals surface area contributed by atoms with Crippen molar-refractivity contribution in [2.75, 3.05) is 13.2 Å². The molecule has 37 heavy (non-hydrogen) atoms. The van der Waals surface area contributed by atoms with Crippen molar-refractivity contribution in [3.05, 3.63) is 12.7 Å². The lowest BCUT2D eigenvalue weighted by atomic mass is 9.97. The molecule has 1 heterocycles. The highest BCUT2D eigenvalue weighted by molar-refractivity contribution is 6.36. The summed E-state index contributed by atoms with van der Waals surface area (Å²) in [4.78, 5) is 66.0. The number of piperidine rings is 1. The Labute approximate surface area is 219 Å². The van der Waals surface area contributed by atoms with Crippen LogP contribution >= 0.6 is 0 Å². The molecule has 1 saturated carbocycles. The van der Waals surface area contributed by atoms with Crippen LogP contribution < -0.4 is 10.6 Å². The lowest BCUT2D eigenvalue weighted by molar-refractivity contribution is -0.155. The number of carbonyl (C=O) groups is 5. The lowest BCUT2D eigenvalue weighted by Gasteiger charge is -2.35. The van der Waals surface area contributed by atoms with Crippen LogP contribution in [0.5, 0.6) is 0 Å². The van der Waals surface area contributed by atoms with E-state index in [1.165, 1.54) is 4.90 Å². The zero-order valence-corrected chi connectivity index (χ0v) is 23.4. The molecule has 4 unspecified atom stereocenters. The molecule has 1 aliphatic carbocycles. The zero-order chi connectivity index (χ0) is 28.3. The fourth-order valence-corrected chi connectivity index (χ4v) is 5.09. The van der Waals surface area contributed by atoms with E-state index in [4.69, 9.17) is 9.47 Å². The second kappa shape index (κ2) is 11.6.